The maximum Gasteiger partial charge on any atom is 0.0914 e. The Balaban J connectivity index is 2.60. The van der Waals surface area contributed by atoms with E-state index in [0.29, 0.717) is 6.54 Å². The molecule has 1 rings (SSSR count). The predicted molar refractivity (Wildman–Crippen MR) is 73.4 cm³/mol. The van der Waals surface area contributed by atoms with Gasteiger partial charge in [0.1, 0.15) is 0 Å². The van der Waals surface area contributed by atoms with Crippen LogP contribution in [0.2, 0.25) is 0 Å². The van der Waals surface area contributed by atoms with Crippen molar-refractivity contribution in [1.29, 1.82) is 0 Å². The lowest BCUT2D eigenvalue weighted by Crippen LogP contribution is -2.22. The quantitative estimate of drug-likeness (QED) is 0.743. The maximum atomic E-state index is 10.1. The maximum absolute atomic E-state index is 10.1. The van der Waals surface area contributed by atoms with E-state index < -0.39 is 6.10 Å². The summed E-state index contributed by atoms with van der Waals surface area (Å²) in [7, 11) is 0. The Bertz CT molecular complexity index is 337. The van der Waals surface area contributed by atoms with Gasteiger partial charge in [0, 0.05) is 6.54 Å². The van der Waals surface area contributed by atoms with Gasteiger partial charge in [-0.15, -0.1) is 0 Å². The van der Waals surface area contributed by atoms with Gasteiger partial charge in [-0.25, -0.2) is 0 Å². The molecule has 0 aliphatic rings. The first-order valence-corrected chi connectivity index (χ1v) is 6.52. The van der Waals surface area contributed by atoms with E-state index in [9.17, 15) is 5.11 Å². The molecule has 0 saturated carbocycles. The molecule has 1 aromatic rings. The summed E-state index contributed by atoms with van der Waals surface area (Å²) in [6.45, 7) is 10.1. The van der Waals surface area contributed by atoms with Crippen LogP contribution in [0.3, 0.4) is 0 Å². The van der Waals surface area contributed by atoms with Crippen molar-refractivity contribution in [2.45, 2.75) is 46.6 Å². The van der Waals surface area contributed by atoms with Gasteiger partial charge in [-0.05, 0) is 56.0 Å². The summed E-state index contributed by atoms with van der Waals surface area (Å²) in [5.41, 5.74) is 4.86. The molecule has 2 N–H and O–H groups in total. The number of hydrogen-bond acceptors (Lipinski definition) is 2. The van der Waals surface area contributed by atoms with Crippen LogP contribution < -0.4 is 5.32 Å². The molecule has 1 aromatic carbocycles. The van der Waals surface area contributed by atoms with Crippen LogP contribution in [-0.4, -0.2) is 18.2 Å². The van der Waals surface area contributed by atoms with Gasteiger partial charge in [0.25, 0.3) is 0 Å². The van der Waals surface area contributed by atoms with Crippen molar-refractivity contribution >= 4 is 0 Å². The highest BCUT2D eigenvalue weighted by Gasteiger charge is 2.09. The summed E-state index contributed by atoms with van der Waals surface area (Å²) < 4.78 is 0. The summed E-state index contributed by atoms with van der Waals surface area (Å²) in [6, 6.07) is 4.18. The van der Waals surface area contributed by atoms with Gasteiger partial charge in [-0.2, -0.15) is 0 Å². The highest BCUT2D eigenvalue weighted by molar-refractivity contribution is 5.37. The van der Waals surface area contributed by atoms with E-state index >= 15 is 0 Å². The molecule has 0 amide bonds. The zero-order valence-electron chi connectivity index (χ0n) is 11.5. The van der Waals surface area contributed by atoms with Gasteiger partial charge in [0.15, 0.2) is 0 Å². The molecule has 0 aromatic heterocycles. The third-order valence-electron chi connectivity index (χ3n) is 3.38. The van der Waals surface area contributed by atoms with E-state index in [1.54, 1.807) is 0 Å². The molecule has 1 unspecified atom stereocenters. The minimum Gasteiger partial charge on any atom is -0.387 e. The minimum absolute atomic E-state index is 0.398. The number of hydrogen-bond donors (Lipinski definition) is 2. The van der Waals surface area contributed by atoms with Crippen LogP contribution in [0.4, 0.5) is 0 Å². The van der Waals surface area contributed by atoms with Crippen LogP contribution >= 0.6 is 0 Å². The fourth-order valence-electron chi connectivity index (χ4n) is 1.92. The fraction of sp³-hybridized carbons (Fsp3) is 0.600. The lowest BCUT2D eigenvalue weighted by molar-refractivity contribution is 0.174. The topological polar surface area (TPSA) is 32.3 Å². The average molecular weight is 235 g/mol. The number of rotatable bonds is 6. The molecule has 0 bridgehead atoms. The first-order valence-electron chi connectivity index (χ1n) is 6.52. The molecule has 17 heavy (non-hydrogen) atoms. The molecule has 0 heterocycles. The molecular formula is C15H25NO. The second-order valence-electron chi connectivity index (χ2n) is 4.85. The number of aliphatic hydroxyl groups is 1. The molecule has 0 aliphatic heterocycles. The monoisotopic (exact) mass is 235 g/mol. The van der Waals surface area contributed by atoms with Gasteiger partial charge in [-0.1, -0.05) is 25.5 Å². The Morgan fingerprint density at radius 2 is 1.76 bits per heavy atom. The number of aryl methyl sites for hydroxylation is 2. The van der Waals surface area contributed by atoms with Gasteiger partial charge in [-0.3, -0.25) is 0 Å². The Morgan fingerprint density at radius 1 is 1.18 bits per heavy atom. The summed E-state index contributed by atoms with van der Waals surface area (Å²) in [6.07, 6.45) is 1.95. The van der Waals surface area contributed by atoms with E-state index in [4.69, 9.17) is 0 Å². The molecule has 1 atom stereocenters. The van der Waals surface area contributed by atoms with Gasteiger partial charge in [0.05, 0.1) is 6.10 Å². The van der Waals surface area contributed by atoms with Crippen molar-refractivity contribution in [3.8, 4) is 0 Å². The van der Waals surface area contributed by atoms with Crippen LogP contribution in [0.5, 0.6) is 0 Å². The van der Waals surface area contributed by atoms with Crippen molar-refractivity contribution < 1.29 is 5.11 Å². The largest absolute Gasteiger partial charge is 0.387 e. The van der Waals surface area contributed by atoms with Crippen molar-refractivity contribution in [1.82, 2.24) is 5.32 Å². The van der Waals surface area contributed by atoms with E-state index in [1.807, 2.05) is 0 Å². The highest BCUT2D eigenvalue weighted by atomic mass is 16.3. The van der Waals surface area contributed by atoms with Gasteiger partial charge in [0.2, 0.25) is 0 Å². The van der Waals surface area contributed by atoms with E-state index in [2.05, 4.69) is 45.1 Å². The number of benzene rings is 1. The van der Waals surface area contributed by atoms with Crippen molar-refractivity contribution in [2.24, 2.45) is 0 Å². The Morgan fingerprint density at radius 3 is 2.29 bits per heavy atom. The molecule has 0 radical (unpaired) electrons. The second-order valence-corrected chi connectivity index (χ2v) is 4.85. The van der Waals surface area contributed by atoms with Crippen LogP contribution in [0.25, 0.3) is 0 Å². The van der Waals surface area contributed by atoms with Gasteiger partial charge >= 0.3 is 0 Å². The highest BCUT2D eigenvalue weighted by Crippen LogP contribution is 2.20. The molecule has 0 spiro atoms. The van der Waals surface area contributed by atoms with Crippen LogP contribution in [0, 0.1) is 20.8 Å². The average Bonchev–Trinajstić information content (AvgIpc) is 2.30. The lowest BCUT2D eigenvalue weighted by Gasteiger charge is -2.15. The predicted octanol–water partition coefficient (Wildman–Crippen LogP) is 3.03. The molecule has 96 valence electrons. The molecular weight excluding hydrogens is 210 g/mol. The minimum atomic E-state index is -0.398. The van der Waals surface area contributed by atoms with Crippen molar-refractivity contribution in [2.75, 3.05) is 13.1 Å². The smallest absolute Gasteiger partial charge is 0.0914 e. The summed E-state index contributed by atoms with van der Waals surface area (Å²) in [4.78, 5) is 0. The van der Waals surface area contributed by atoms with E-state index in [1.165, 1.54) is 29.5 Å². The molecule has 2 heteroatoms. The third-order valence-corrected chi connectivity index (χ3v) is 3.38. The van der Waals surface area contributed by atoms with Crippen molar-refractivity contribution in [3.05, 3.63) is 34.4 Å². The normalized spacial score (nSPS) is 12.8. The third kappa shape index (κ3) is 4.14. The number of nitrogens with one attached hydrogen (secondary N) is 1. The fourth-order valence-corrected chi connectivity index (χ4v) is 1.92. The second kappa shape index (κ2) is 6.77. The Kier molecular flexibility index (Phi) is 5.66. The number of aliphatic hydroxyl groups excluding tert-OH is 1. The summed E-state index contributed by atoms with van der Waals surface area (Å²) in [5.74, 6) is 0. The van der Waals surface area contributed by atoms with Gasteiger partial charge < -0.3 is 10.4 Å². The standard InChI is InChI=1S/C15H25NO/c1-5-6-7-16-10-15(17)14-8-11(2)13(4)12(3)9-14/h8-9,15-17H,5-7,10H2,1-4H3. The Labute approximate surface area is 105 Å². The zero-order chi connectivity index (χ0) is 12.8. The first kappa shape index (κ1) is 14.2. The molecule has 0 fully saturated rings. The first-order chi connectivity index (χ1) is 8.06. The van der Waals surface area contributed by atoms with E-state index in [0.717, 1.165) is 12.1 Å². The zero-order valence-corrected chi connectivity index (χ0v) is 11.5. The lowest BCUT2D eigenvalue weighted by atomic mass is 9.98. The van der Waals surface area contributed by atoms with Crippen LogP contribution in [0.15, 0.2) is 12.1 Å². The van der Waals surface area contributed by atoms with E-state index in [-0.39, 0.29) is 0 Å². The molecule has 0 saturated heterocycles. The van der Waals surface area contributed by atoms with Crippen LogP contribution in [-0.2, 0) is 0 Å². The summed E-state index contributed by atoms with van der Waals surface area (Å²) >= 11 is 0. The Hall–Kier alpha value is -0.860. The summed E-state index contributed by atoms with van der Waals surface area (Å²) in [5, 5.41) is 13.4. The van der Waals surface area contributed by atoms with Crippen molar-refractivity contribution in [3.63, 3.8) is 0 Å². The number of unbranched alkanes of at least 4 members (excludes halogenated alkanes) is 1. The van der Waals surface area contributed by atoms with Crippen LogP contribution in [0.1, 0.15) is 48.1 Å². The SMILES string of the molecule is CCCCNCC(O)c1cc(C)c(C)c(C)c1. The molecule has 0 aliphatic carbocycles. The molecule has 2 nitrogen and oxygen atoms in total.